The Morgan fingerprint density at radius 3 is 2.89 bits per heavy atom. The van der Waals surface area contributed by atoms with Crippen molar-refractivity contribution in [3.05, 3.63) is 29.5 Å². The molecule has 2 aromatic rings. The van der Waals surface area contributed by atoms with Crippen molar-refractivity contribution in [3.8, 4) is 10.8 Å². The molecule has 0 fully saturated rings. The maximum Gasteiger partial charge on any atom is 0.270 e. The van der Waals surface area contributed by atoms with Crippen molar-refractivity contribution in [1.29, 1.82) is 0 Å². The van der Waals surface area contributed by atoms with E-state index in [0.29, 0.717) is 29.5 Å². The summed E-state index contributed by atoms with van der Waals surface area (Å²) in [7, 11) is 0. The normalized spacial score (nSPS) is 12.1. The second-order valence-electron chi connectivity index (χ2n) is 4.00. The van der Waals surface area contributed by atoms with Crippen molar-refractivity contribution in [2.24, 2.45) is 0 Å². The van der Waals surface area contributed by atoms with Gasteiger partial charge in [0, 0.05) is 24.3 Å². The zero-order valence-electron chi connectivity index (χ0n) is 10.4. The van der Waals surface area contributed by atoms with Crippen molar-refractivity contribution in [1.82, 2.24) is 20.3 Å². The van der Waals surface area contributed by atoms with Crippen LogP contribution in [0.5, 0.6) is 0 Å². The first-order valence-electron chi connectivity index (χ1n) is 5.86. The Labute approximate surface area is 114 Å². The lowest BCUT2D eigenvalue weighted by Crippen LogP contribution is -2.26. The smallest absolute Gasteiger partial charge is 0.270 e. The van der Waals surface area contributed by atoms with Crippen molar-refractivity contribution in [3.63, 3.8) is 0 Å². The molecular formula is C12H14N4O2S. The largest absolute Gasteiger partial charge is 0.393 e. The molecule has 0 saturated heterocycles. The molecule has 0 aliphatic carbocycles. The van der Waals surface area contributed by atoms with Gasteiger partial charge < -0.3 is 10.4 Å². The Hall–Kier alpha value is -1.86. The SMILES string of the molecule is CC(O)CCNC(=O)c1csc(-c2ncccn2)n1. The van der Waals surface area contributed by atoms with Gasteiger partial charge in [-0.1, -0.05) is 0 Å². The molecular weight excluding hydrogens is 264 g/mol. The van der Waals surface area contributed by atoms with E-state index in [4.69, 9.17) is 5.11 Å². The number of aromatic nitrogens is 3. The molecule has 0 aliphatic rings. The molecule has 1 atom stereocenters. The van der Waals surface area contributed by atoms with Crippen LogP contribution in [0, 0.1) is 0 Å². The maximum absolute atomic E-state index is 11.8. The quantitative estimate of drug-likeness (QED) is 0.855. The monoisotopic (exact) mass is 278 g/mol. The van der Waals surface area contributed by atoms with Gasteiger partial charge in [0.25, 0.3) is 5.91 Å². The van der Waals surface area contributed by atoms with Crippen LogP contribution in [0.1, 0.15) is 23.8 Å². The minimum absolute atomic E-state index is 0.251. The van der Waals surface area contributed by atoms with Gasteiger partial charge in [0.15, 0.2) is 10.8 Å². The summed E-state index contributed by atoms with van der Waals surface area (Å²) in [6, 6.07) is 1.72. The first-order valence-corrected chi connectivity index (χ1v) is 6.74. The fourth-order valence-corrected chi connectivity index (χ4v) is 2.12. The molecule has 2 aromatic heterocycles. The number of hydrogen-bond acceptors (Lipinski definition) is 6. The second kappa shape index (κ2) is 6.35. The molecule has 6 nitrogen and oxygen atoms in total. The molecule has 100 valence electrons. The molecule has 19 heavy (non-hydrogen) atoms. The Morgan fingerprint density at radius 1 is 1.47 bits per heavy atom. The minimum Gasteiger partial charge on any atom is -0.393 e. The topological polar surface area (TPSA) is 88.0 Å². The van der Waals surface area contributed by atoms with E-state index >= 15 is 0 Å². The van der Waals surface area contributed by atoms with Crippen LogP contribution >= 0.6 is 11.3 Å². The van der Waals surface area contributed by atoms with Gasteiger partial charge in [-0.2, -0.15) is 0 Å². The number of carbonyl (C=O) groups is 1. The Morgan fingerprint density at radius 2 is 2.21 bits per heavy atom. The van der Waals surface area contributed by atoms with Crippen molar-refractivity contribution in [2.45, 2.75) is 19.4 Å². The summed E-state index contributed by atoms with van der Waals surface area (Å²) in [5.74, 6) is 0.259. The minimum atomic E-state index is -0.427. The number of thiazole rings is 1. The highest BCUT2D eigenvalue weighted by molar-refractivity contribution is 7.13. The lowest BCUT2D eigenvalue weighted by molar-refractivity contribution is 0.0941. The highest BCUT2D eigenvalue weighted by Gasteiger charge is 2.12. The molecule has 2 heterocycles. The van der Waals surface area contributed by atoms with Crippen LogP contribution < -0.4 is 5.32 Å². The number of hydrogen-bond donors (Lipinski definition) is 2. The number of aliphatic hydroxyl groups is 1. The van der Waals surface area contributed by atoms with E-state index in [9.17, 15) is 4.79 Å². The molecule has 1 unspecified atom stereocenters. The van der Waals surface area contributed by atoms with E-state index in [0.717, 1.165) is 0 Å². The highest BCUT2D eigenvalue weighted by atomic mass is 32.1. The van der Waals surface area contributed by atoms with Gasteiger partial charge in [-0.3, -0.25) is 4.79 Å². The summed E-state index contributed by atoms with van der Waals surface area (Å²) in [5, 5.41) is 14.1. The van der Waals surface area contributed by atoms with Gasteiger partial charge in [-0.15, -0.1) is 11.3 Å². The molecule has 0 aromatic carbocycles. The van der Waals surface area contributed by atoms with Gasteiger partial charge >= 0.3 is 0 Å². The predicted molar refractivity (Wildman–Crippen MR) is 71.8 cm³/mol. The summed E-state index contributed by atoms with van der Waals surface area (Å²) in [6.45, 7) is 2.10. The number of carbonyl (C=O) groups excluding carboxylic acids is 1. The van der Waals surface area contributed by atoms with E-state index in [-0.39, 0.29) is 5.91 Å². The molecule has 0 spiro atoms. The number of rotatable bonds is 5. The van der Waals surface area contributed by atoms with Crippen LogP contribution in [0.15, 0.2) is 23.8 Å². The van der Waals surface area contributed by atoms with Gasteiger partial charge in [0.1, 0.15) is 5.69 Å². The lowest BCUT2D eigenvalue weighted by Gasteiger charge is -2.04. The van der Waals surface area contributed by atoms with Crippen LogP contribution in [0.4, 0.5) is 0 Å². The Kier molecular flexibility index (Phi) is 4.53. The second-order valence-corrected chi connectivity index (χ2v) is 4.86. The van der Waals surface area contributed by atoms with E-state index < -0.39 is 6.10 Å². The molecule has 0 radical (unpaired) electrons. The summed E-state index contributed by atoms with van der Waals surface area (Å²) >= 11 is 1.32. The van der Waals surface area contributed by atoms with Crippen LogP contribution in [0.3, 0.4) is 0 Å². The maximum atomic E-state index is 11.8. The van der Waals surface area contributed by atoms with Crippen LogP contribution in [-0.2, 0) is 0 Å². The number of amides is 1. The molecule has 0 bridgehead atoms. The zero-order valence-corrected chi connectivity index (χ0v) is 11.2. The molecule has 1 amide bonds. The zero-order chi connectivity index (χ0) is 13.7. The average molecular weight is 278 g/mol. The standard InChI is InChI=1S/C12H14N4O2S/c1-8(17)3-6-15-11(18)9-7-19-12(16-9)10-13-4-2-5-14-10/h2,4-5,7-8,17H,3,6H2,1H3,(H,15,18). The third kappa shape index (κ3) is 3.80. The molecule has 2 rings (SSSR count). The van der Waals surface area contributed by atoms with Gasteiger partial charge in [-0.05, 0) is 19.4 Å². The third-order valence-corrected chi connectivity index (χ3v) is 3.18. The fourth-order valence-electron chi connectivity index (χ4n) is 1.38. The van der Waals surface area contributed by atoms with Crippen molar-refractivity contribution in [2.75, 3.05) is 6.54 Å². The first-order chi connectivity index (χ1) is 9.16. The highest BCUT2D eigenvalue weighted by Crippen LogP contribution is 2.19. The van der Waals surface area contributed by atoms with Gasteiger partial charge in [0.05, 0.1) is 6.10 Å². The summed E-state index contributed by atoms with van der Waals surface area (Å²) < 4.78 is 0. The molecule has 2 N–H and O–H groups in total. The van der Waals surface area contributed by atoms with Crippen molar-refractivity contribution < 1.29 is 9.90 Å². The third-order valence-electron chi connectivity index (χ3n) is 2.34. The predicted octanol–water partition coefficient (Wildman–Crippen LogP) is 1.10. The van der Waals surface area contributed by atoms with Crippen molar-refractivity contribution >= 4 is 17.2 Å². The first kappa shape index (κ1) is 13.6. The number of aliphatic hydroxyl groups excluding tert-OH is 1. The number of nitrogens with one attached hydrogen (secondary N) is 1. The van der Waals surface area contributed by atoms with Crippen LogP contribution in [0.2, 0.25) is 0 Å². The summed E-state index contributed by atoms with van der Waals surface area (Å²) in [4.78, 5) is 24.1. The molecule has 7 heteroatoms. The average Bonchev–Trinajstić information content (AvgIpc) is 2.89. The lowest BCUT2D eigenvalue weighted by atomic mass is 10.3. The molecule has 0 aliphatic heterocycles. The Bertz CT molecular complexity index is 542. The summed E-state index contributed by atoms with van der Waals surface area (Å²) in [6.07, 6.45) is 3.35. The van der Waals surface area contributed by atoms with E-state index in [2.05, 4.69) is 20.3 Å². The van der Waals surface area contributed by atoms with Crippen LogP contribution in [-0.4, -0.2) is 38.6 Å². The van der Waals surface area contributed by atoms with E-state index in [1.807, 2.05) is 0 Å². The molecule has 0 saturated carbocycles. The van der Waals surface area contributed by atoms with Gasteiger partial charge in [-0.25, -0.2) is 15.0 Å². The van der Waals surface area contributed by atoms with E-state index in [1.165, 1.54) is 11.3 Å². The fraction of sp³-hybridized carbons (Fsp3) is 0.333. The summed E-state index contributed by atoms with van der Waals surface area (Å²) in [5.41, 5.74) is 0.345. The van der Waals surface area contributed by atoms with Gasteiger partial charge in [0.2, 0.25) is 0 Å². The Balaban J connectivity index is 1.99. The van der Waals surface area contributed by atoms with Crippen LogP contribution in [0.25, 0.3) is 10.8 Å². The number of nitrogens with zero attached hydrogens (tertiary/aromatic N) is 3. The van der Waals surface area contributed by atoms with E-state index in [1.54, 1.807) is 30.8 Å².